The van der Waals surface area contributed by atoms with Gasteiger partial charge >= 0.3 is 0 Å². The maximum atomic E-state index is 14.5. The first-order chi connectivity index (χ1) is 21.6. The van der Waals surface area contributed by atoms with Gasteiger partial charge in [-0.05, 0) is 73.0 Å². The molecule has 0 aliphatic carbocycles. The standard InChI is InChI=1S/C35H37Br2N3O4S/c1-3-4-22-38-35(42)33(23-27-8-6-5-7-9-27)39(24-28-12-14-29(36)15-13-28)34(41)25-40(31-18-16-30(37)17-19-31)45(43,44)32-20-10-26(2)11-21-32/h5-21,33H,3-4,22-25H2,1-2H3,(H,38,42)/t33-/m1/s1. The third-order valence-electron chi connectivity index (χ3n) is 7.37. The van der Waals surface area contributed by atoms with Crippen molar-refractivity contribution in [2.24, 2.45) is 0 Å². The van der Waals surface area contributed by atoms with E-state index in [0.717, 1.165) is 42.8 Å². The maximum absolute atomic E-state index is 14.5. The zero-order chi connectivity index (χ0) is 32.4. The third-order valence-corrected chi connectivity index (χ3v) is 10.2. The molecule has 2 amide bonds. The summed E-state index contributed by atoms with van der Waals surface area (Å²) in [5.74, 6) is -0.780. The molecule has 0 fully saturated rings. The Morgan fingerprint density at radius 2 is 1.40 bits per heavy atom. The summed E-state index contributed by atoms with van der Waals surface area (Å²) < 4.78 is 31.0. The van der Waals surface area contributed by atoms with Gasteiger partial charge in [-0.2, -0.15) is 0 Å². The zero-order valence-corrected chi connectivity index (χ0v) is 29.3. The number of amides is 2. The van der Waals surface area contributed by atoms with Crippen molar-refractivity contribution in [1.82, 2.24) is 10.2 Å². The smallest absolute Gasteiger partial charge is 0.264 e. The number of carbonyl (C=O) groups excluding carboxylic acids is 2. The molecule has 0 radical (unpaired) electrons. The van der Waals surface area contributed by atoms with Crippen LogP contribution in [0.3, 0.4) is 0 Å². The predicted octanol–water partition coefficient (Wildman–Crippen LogP) is 7.27. The normalized spacial score (nSPS) is 11.9. The Hall–Kier alpha value is -3.47. The van der Waals surface area contributed by atoms with Crippen LogP contribution in [-0.2, 0) is 32.6 Å². The van der Waals surface area contributed by atoms with E-state index in [0.29, 0.717) is 12.2 Å². The number of rotatable bonds is 14. The van der Waals surface area contributed by atoms with E-state index in [4.69, 9.17) is 0 Å². The number of nitrogens with zero attached hydrogens (tertiary/aromatic N) is 2. The average molecular weight is 756 g/mol. The summed E-state index contributed by atoms with van der Waals surface area (Å²) in [5.41, 5.74) is 2.95. The molecule has 0 heterocycles. The largest absolute Gasteiger partial charge is 0.354 e. The van der Waals surface area contributed by atoms with Crippen LogP contribution in [-0.4, -0.2) is 44.3 Å². The van der Waals surface area contributed by atoms with Gasteiger partial charge in [0.15, 0.2) is 0 Å². The van der Waals surface area contributed by atoms with Gasteiger partial charge in [-0.15, -0.1) is 0 Å². The Morgan fingerprint density at radius 1 is 0.800 bits per heavy atom. The molecule has 236 valence electrons. The van der Waals surface area contributed by atoms with E-state index < -0.39 is 28.5 Å². The van der Waals surface area contributed by atoms with Crippen LogP contribution in [0, 0.1) is 6.92 Å². The van der Waals surface area contributed by atoms with Gasteiger partial charge in [-0.1, -0.05) is 105 Å². The van der Waals surface area contributed by atoms with Crippen molar-refractivity contribution in [3.05, 3.63) is 129 Å². The number of hydrogen-bond acceptors (Lipinski definition) is 4. The van der Waals surface area contributed by atoms with E-state index >= 15 is 0 Å². The highest BCUT2D eigenvalue weighted by molar-refractivity contribution is 9.10. The first-order valence-corrected chi connectivity index (χ1v) is 17.8. The van der Waals surface area contributed by atoms with Crippen LogP contribution in [0.4, 0.5) is 5.69 Å². The summed E-state index contributed by atoms with van der Waals surface area (Å²) in [4.78, 5) is 29.9. The summed E-state index contributed by atoms with van der Waals surface area (Å²) in [6.45, 7) is 4.02. The van der Waals surface area contributed by atoms with E-state index in [-0.39, 0.29) is 23.8 Å². The molecule has 0 unspecified atom stereocenters. The molecule has 4 rings (SSSR count). The second-order valence-electron chi connectivity index (χ2n) is 10.8. The number of hydrogen-bond donors (Lipinski definition) is 1. The van der Waals surface area contributed by atoms with Gasteiger partial charge in [0, 0.05) is 28.5 Å². The van der Waals surface area contributed by atoms with Crippen LogP contribution in [0.15, 0.2) is 117 Å². The fraction of sp³-hybridized carbons (Fsp3) is 0.257. The van der Waals surface area contributed by atoms with E-state index in [1.165, 1.54) is 4.90 Å². The molecule has 0 bridgehead atoms. The van der Waals surface area contributed by atoms with Crippen molar-refractivity contribution in [1.29, 1.82) is 0 Å². The number of nitrogens with one attached hydrogen (secondary N) is 1. The Morgan fingerprint density at radius 3 is 2.00 bits per heavy atom. The number of halogens is 2. The van der Waals surface area contributed by atoms with Gasteiger partial charge in [0.05, 0.1) is 10.6 Å². The molecule has 4 aromatic rings. The van der Waals surface area contributed by atoms with Crippen molar-refractivity contribution < 1.29 is 18.0 Å². The van der Waals surface area contributed by atoms with Gasteiger partial charge in [0.25, 0.3) is 10.0 Å². The van der Waals surface area contributed by atoms with Gasteiger partial charge < -0.3 is 10.2 Å². The summed E-state index contributed by atoms with van der Waals surface area (Å²) >= 11 is 6.88. The number of aryl methyl sites for hydroxylation is 1. The van der Waals surface area contributed by atoms with Crippen molar-refractivity contribution in [2.75, 3.05) is 17.4 Å². The highest BCUT2D eigenvalue weighted by Gasteiger charge is 2.34. The summed E-state index contributed by atoms with van der Waals surface area (Å²) in [6.07, 6.45) is 1.98. The van der Waals surface area contributed by atoms with Crippen molar-refractivity contribution >= 4 is 59.4 Å². The molecular weight excluding hydrogens is 718 g/mol. The first-order valence-electron chi connectivity index (χ1n) is 14.8. The van der Waals surface area contributed by atoms with Crippen molar-refractivity contribution in [2.45, 2.75) is 50.6 Å². The first kappa shape index (κ1) is 34.4. The highest BCUT2D eigenvalue weighted by atomic mass is 79.9. The molecule has 0 saturated heterocycles. The SMILES string of the molecule is CCCCNC(=O)[C@@H](Cc1ccccc1)N(Cc1ccc(Br)cc1)C(=O)CN(c1ccc(Br)cc1)S(=O)(=O)c1ccc(C)cc1. The third kappa shape index (κ3) is 9.51. The van der Waals surface area contributed by atoms with E-state index in [9.17, 15) is 18.0 Å². The second-order valence-corrected chi connectivity index (χ2v) is 14.5. The lowest BCUT2D eigenvalue weighted by Gasteiger charge is -2.34. The van der Waals surface area contributed by atoms with Gasteiger partial charge in [-0.3, -0.25) is 13.9 Å². The van der Waals surface area contributed by atoms with Crippen LogP contribution in [0.25, 0.3) is 0 Å². The molecule has 0 aliphatic rings. The lowest BCUT2D eigenvalue weighted by atomic mass is 10.0. The maximum Gasteiger partial charge on any atom is 0.264 e. The summed E-state index contributed by atoms with van der Waals surface area (Å²) in [6, 6.07) is 29.5. The molecule has 45 heavy (non-hydrogen) atoms. The molecule has 7 nitrogen and oxygen atoms in total. The molecule has 4 aromatic carbocycles. The minimum absolute atomic E-state index is 0.0708. The van der Waals surface area contributed by atoms with Crippen molar-refractivity contribution in [3.8, 4) is 0 Å². The number of carbonyl (C=O) groups is 2. The fourth-order valence-electron chi connectivity index (χ4n) is 4.82. The molecule has 0 spiro atoms. The quantitative estimate of drug-likeness (QED) is 0.137. The molecule has 0 aliphatic heterocycles. The lowest BCUT2D eigenvalue weighted by molar-refractivity contribution is -0.140. The molecule has 0 saturated carbocycles. The van der Waals surface area contributed by atoms with Gasteiger partial charge in [0.1, 0.15) is 12.6 Å². The van der Waals surface area contributed by atoms with Crippen molar-refractivity contribution in [3.63, 3.8) is 0 Å². The Kier molecular flexibility index (Phi) is 12.4. The van der Waals surface area contributed by atoms with Gasteiger partial charge in [-0.25, -0.2) is 8.42 Å². The number of unbranched alkanes of at least 4 members (excludes halogenated alkanes) is 1. The monoisotopic (exact) mass is 753 g/mol. The molecular formula is C35H37Br2N3O4S. The van der Waals surface area contributed by atoms with E-state index in [2.05, 4.69) is 37.2 Å². The topological polar surface area (TPSA) is 86.8 Å². The highest BCUT2D eigenvalue weighted by Crippen LogP contribution is 2.27. The minimum Gasteiger partial charge on any atom is -0.354 e. The summed E-state index contributed by atoms with van der Waals surface area (Å²) in [7, 11) is -4.15. The van der Waals surface area contributed by atoms with E-state index in [1.807, 2.05) is 68.4 Å². The average Bonchev–Trinajstić information content (AvgIpc) is 3.03. The van der Waals surface area contributed by atoms with E-state index in [1.54, 1.807) is 48.5 Å². The molecule has 10 heteroatoms. The zero-order valence-electron chi connectivity index (χ0n) is 25.3. The predicted molar refractivity (Wildman–Crippen MR) is 186 cm³/mol. The van der Waals surface area contributed by atoms with Crippen LogP contribution < -0.4 is 9.62 Å². The molecule has 1 N–H and O–H groups in total. The Bertz CT molecular complexity index is 1670. The van der Waals surface area contributed by atoms with Crippen LogP contribution in [0.5, 0.6) is 0 Å². The van der Waals surface area contributed by atoms with Gasteiger partial charge in [0.2, 0.25) is 11.8 Å². The minimum atomic E-state index is -4.15. The molecule has 1 atom stereocenters. The second kappa shape index (κ2) is 16.2. The van der Waals surface area contributed by atoms with Crippen LogP contribution >= 0.6 is 31.9 Å². The number of anilines is 1. The molecule has 0 aromatic heterocycles. The number of benzene rings is 4. The number of sulfonamides is 1. The lowest BCUT2D eigenvalue weighted by Crippen LogP contribution is -2.53. The van der Waals surface area contributed by atoms with Crippen LogP contribution in [0.2, 0.25) is 0 Å². The Labute approximate surface area is 283 Å². The fourth-order valence-corrected chi connectivity index (χ4v) is 6.76. The van der Waals surface area contributed by atoms with Crippen LogP contribution in [0.1, 0.15) is 36.5 Å². The summed E-state index contributed by atoms with van der Waals surface area (Å²) in [5, 5.41) is 3.01. The Balaban J connectivity index is 1.78.